The van der Waals surface area contributed by atoms with E-state index in [-0.39, 0.29) is 42.5 Å². The van der Waals surface area contributed by atoms with Gasteiger partial charge in [0.25, 0.3) is 0 Å². The van der Waals surface area contributed by atoms with Gasteiger partial charge in [-0.05, 0) is 24.6 Å². The summed E-state index contributed by atoms with van der Waals surface area (Å²) in [6.07, 6.45) is 0.0497. The van der Waals surface area contributed by atoms with E-state index in [0.29, 0.717) is 12.2 Å². The van der Waals surface area contributed by atoms with Crippen molar-refractivity contribution in [1.82, 2.24) is 0 Å². The summed E-state index contributed by atoms with van der Waals surface area (Å²) in [6, 6.07) is 3.04. The van der Waals surface area contributed by atoms with Crippen LogP contribution in [0, 0.1) is 0 Å². The van der Waals surface area contributed by atoms with Gasteiger partial charge in [-0.2, -0.15) is 0 Å². The second-order valence-electron chi connectivity index (χ2n) is 3.56. The van der Waals surface area contributed by atoms with E-state index >= 15 is 0 Å². The first-order valence-corrected chi connectivity index (χ1v) is 5.33. The van der Waals surface area contributed by atoms with Crippen molar-refractivity contribution in [2.75, 3.05) is 6.61 Å². The van der Waals surface area contributed by atoms with Gasteiger partial charge in [0.2, 0.25) is 0 Å². The summed E-state index contributed by atoms with van der Waals surface area (Å²) < 4.78 is 4.80. The van der Waals surface area contributed by atoms with Crippen LogP contribution >= 0.6 is 0 Å². The Morgan fingerprint density at radius 3 is 2.18 bits per heavy atom. The molecule has 0 spiro atoms. The molecular formula is C12H16O5. The standard InChI is InChI=1S/C12H16O5/c1-2-17-11(15)5-8-3-9(6-13)12(16)10(4-8)7-14/h3-4,13-14,16H,2,5-7H2,1H3. The minimum Gasteiger partial charge on any atom is -0.507 e. The van der Waals surface area contributed by atoms with Crippen LogP contribution in [0.5, 0.6) is 5.75 Å². The summed E-state index contributed by atoms with van der Waals surface area (Å²) in [4.78, 5) is 11.3. The Kier molecular flexibility index (Phi) is 4.93. The molecule has 94 valence electrons. The lowest BCUT2D eigenvalue weighted by molar-refractivity contribution is -0.142. The highest BCUT2D eigenvalue weighted by atomic mass is 16.5. The molecular weight excluding hydrogens is 224 g/mol. The smallest absolute Gasteiger partial charge is 0.310 e. The number of esters is 1. The fraction of sp³-hybridized carbons (Fsp3) is 0.417. The predicted molar refractivity (Wildman–Crippen MR) is 60.3 cm³/mol. The summed E-state index contributed by atoms with van der Waals surface area (Å²) in [5.74, 6) is -0.520. The van der Waals surface area contributed by atoms with Gasteiger partial charge < -0.3 is 20.1 Å². The van der Waals surface area contributed by atoms with E-state index in [1.165, 1.54) is 12.1 Å². The molecule has 0 heterocycles. The molecule has 0 aromatic heterocycles. The number of hydrogen-bond donors (Lipinski definition) is 3. The van der Waals surface area contributed by atoms with Crippen LogP contribution in [0.25, 0.3) is 0 Å². The average Bonchev–Trinajstić information content (AvgIpc) is 2.31. The highest BCUT2D eigenvalue weighted by Gasteiger charge is 2.11. The second-order valence-corrected chi connectivity index (χ2v) is 3.56. The van der Waals surface area contributed by atoms with E-state index in [1.807, 2.05) is 0 Å². The number of hydrogen-bond acceptors (Lipinski definition) is 5. The highest BCUT2D eigenvalue weighted by Crippen LogP contribution is 2.25. The van der Waals surface area contributed by atoms with Gasteiger partial charge in [-0.3, -0.25) is 4.79 Å². The summed E-state index contributed by atoms with van der Waals surface area (Å²) >= 11 is 0. The molecule has 0 atom stereocenters. The maximum absolute atomic E-state index is 11.3. The molecule has 0 aliphatic carbocycles. The van der Waals surface area contributed by atoms with Crippen molar-refractivity contribution in [3.8, 4) is 5.75 Å². The lowest BCUT2D eigenvalue weighted by atomic mass is 10.0. The number of aliphatic hydroxyl groups is 2. The Morgan fingerprint density at radius 1 is 1.24 bits per heavy atom. The molecule has 0 aliphatic rings. The van der Waals surface area contributed by atoms with Crippen molar-refractivity contribution >= 4 is 5.97 Å². The number of aromatic hydroxyl groups is 1. The topological polar surface area (TPSA) is 87.0 Å². The van der Waals surface area contributed by atoms with Crippen molar-refractivity contribution in [3.63, 3.8) is 0 Å². The molecule has 5 heteroatoms. The third kappa shape index (κ3) is 3.44. The van der Waals surface area contributed by atoms with Crippen LogP contribution < -0.4 is 0 Å². The molecule has 3 N–H and O–H groups in total. The first-order chi connectivity index (χ1) is 8.12. The van der Waals surface area contributed by atoms with E-state index in [1.54, 1.807) is 6.92 Å². The normalized spacial score (nSPS) is 10.3. The van der Waals surface area contributed by atoms with Gasteiger partial charge in [-0.1, -0.05) is 0 Å². The fourth-order valence-corrected chi connectivity index (χ4v) is 1.55. The van der Waals surface area contributed by atoms with Crippen molar-refractivity contribution in [3.05, 3.63) is 28.8 Å². The van der Waals surface area contributed by atoms with Gasteiger partial charge in [0.15, 0.2) is 0 Å². The maximum Gasteiger partial charge on any atom is 0.310 e. The van der Waals surface area contributed by atoms with Crippen LogP contribution in [0.3, 0.4) is 0 Å². The van der Waals surface area contributed by atoms with Crippen LogP contribution in [0.1, 0.15) is 23.6 Å². The monoisotopic (exact) mass is 240 g/mol. The van der Waals surface area contributed by atoms with Gasteiger partial charge in [-0.25, -0.2) is 0 Å². The van der Waals surface area contributed by atoms with Crippen molar-refractivity contribution in [1.29, 1.82) is 0 Å². The Balaban J connectivity index is 2.96. The summed E-state index contributed by atoms with van der Waals surface area (Å²) in [6.45, 7) is 1.31. The van der Waals surface area contributed by atoms with Gasteiger partial charge in [-0.15, -0.1) is 0 Å². The molecule has 0 radical (unpaired) electrons. The molecule has 0 fully saturated rings. The molecule has 1 rings (SSSR count). The first-order valence-electron chi connectivity index (χ1n) is 5.33. The molecule has 17 heavy (non-hydrogen) atoms. The van der Waals surface area contributed by atoms with Gasteiger partial charge >= 0.3 is 5.97 Å². The van der Waals surface area contributed by atoms with Crippen molar-refractivity contribution in [2.24, 2.45) is 0 Å². The minimum atomic E-state index is -0.383. The Labute approximate surface area is 99.3 Å². The SMILES string of the molecule is CCOC(=O)Cc1cc(CO)c(O)c(CO)c1. The zero-order valence-corrected chi connectivity index (χ0v) is 9.64. The number of carbonyl (C=O) groups is 1. The lowest BCUT2D eigenvalue weighted by Gasteiger charge is -2.10. The van der Waals surface area contributed by atoms with E-state index in [9.17, 15) is 9.90 Å². The Morgan fingerprint density at radius 2 is 1.76 bits per heavy atom. The number of benzene rings is 1. The molecule has 0 bridgehead atoms. The van der Waals surface area contributed by atoms with Crippen LogP contribution in [-0.2, 0) is 29.2 Å². The Bertz CT molecular complexity index is 375. The summed E-state index contributed by atoms with van der Waals surface area (Å²) in [7, 11) is 0. The number of rotatable bonds is 5. The van der Waals surface area contributed by atoms with Gasteiger partial charge in [0, 0.05) is 11.1 Å². The summed E-state index contributed by atoms with van der Waals surface area (Å²) in [5, 5.41) is 27.7. The average molecular weight is 240 g/mol. The van der Waals surface area contributed by atoms with E-state index in [2.05, 4.69) is 0 Å². The lowest BCUT2D eigenvalue weighted by Crippen LogP contribution is -2.08. The molecule has 0 amide bonds. The van der Waals surface area contributed by atoms with Crippen molar-refractivity contribution < 1.29 is 24.9 Å². The third-order valence-corrected chi connectivity index (χ3v) is 2.32. The molecule has 1 aromatic rings. The molecule has 5 nitrogen and oxygen atoms in total. The quantitative estimate of drug-likeness (QED) is 0.652. The predicted octanol–water partition coefficient (Wildman–Crippen LogP) is 0.482. The van der Waals surface area contributed by atoms with Gasteiger partial charge in [0.05, 0.1) is 26.2 Å². The van der Waals surface area contributed by atoms with E-state index in [4.69, 9.17) is 14.9 Å². The van der Waals surface area contributed by atoms with Crippen molar-refractivity contribution in [2.45, 2.75) is 26.6 Å². The zero-order chi connectivity index (χ0) is 12.8. The molecule has 1 aromatic carbocycles. The molecule has 0 unspecified atom stereocenters. The van der Waals surface area contributed by atoms with E-state index in [0.717, 1.165) is 0 Å². The third-order valence-electron chi connectivity index (χ3n) is 2.32. The number of aliphatic hydroxyl groups excluding tert-OH is 2. The van der Waals surface area contributed by atoms with E-state index < -0.39 is 0 Å². The van der Waals surface area contributed by atoms with Crippen LogP contribution in [-0.4, -0.2) is 27.9 Å². The number of ether oxygens (including phenoxy) is 1. The summed E-state index contributed by atoms with van der Waals surface area (Å²) in [5.41, 5.74) is 1.17. The van der Waals surface area contributed by atoms with Crippen LogP contribution in [0.15, 0.2) is 12.1 Å². The van der Waals surface area contributed by atoms with Crippen LogP contribution in [0.2, 0.25) is 0 Å². The first kappa shape index (κ1) is 13.5. The Hall–Kier alpha value is -1.59. The molecule has 0 aliphatic heterocycles. The molecule has 0 saturated heterocycles. The maximum atomic E-state index is 11.3. The highest BCUT2D eigenvalue weighted by molar-refractivity contribution is 5.73. The number of carbonyl (C=O) groups excluding carboxylic acids is 1. The zero-order valence-electron chi connectivity index (χ0n) is 9.64. The fourth-order valence-electron chi connectivity index (χ4n) is 1.55. The van der Waals surface area contributed by atoms with Crippen LogP contribution in [0.4, 0.5) is 0 Å². The number of phenols is 1. The van der Waals surface area contributed by atoms with Gasteiger partial charge in [0.1, 0.15) is 5.75 Å². The molecule has 0 saturated carbocycles. The second kappa shape index (κ2) is 6.22. The minimum absolute atomic E-state index is 0.0497. The largest absolute Gasteiger partial charge is 0.507 e.